The lowest BCUT2D eigenvalue weighted by molar-refractivity contribution is -0.140. The maximum Gasteiger partial charge on any atom is 0.305 e. The van der Waals surface area contributed by atoms with Crippen LogP contribution in [0, 0.1) is 0 Å². The van der Waals surface area contributed by atoms with Gasteiger partial charge in [-0.1, -0.05) is 19.1 Å². The summed E-state index contributed by atoms with van der Waals surface area (Å²) in [4.78, 5) is 11.2. The molecule has 0 aliphatic rings. The summed E-state index contributed by atoms with van der Waals surface area (Å²) in [6, 6.07) is 7.19. The molecule has 0 spiro atoms. The lowest BCUT2D eigenvalue weighted by atomic mass is 9.98. The highest BCUT2D eigenvalue weighted by Gasteiger charge is 2.20. The van der Waals surface area contributed by atoms with Crippen molar-refractivity contribution in [2.24, 2.45) is 0 Å². The van der Waals surface area contributed by atoms with E-state index in [4.69, 9.17) is 4.74 Å². The molecule has 0 saturated carbocycles. The molecule has 0 aliphatic carbocycles. The van der Waals surface area contributed by atoms with Gasteiger partial charge in [0, 0.05) is 12.5 Å². The number of esters is 1. The highest BCUT2D eigenvalue weighted by Crippen LogP contribution is 2.22. The van der Waals surface area contributed by atoms with Crippen molar-refractivity contribution < 1.29 is 19.4 Å². The SMILES string of the molecule is CCCOc1ccc(C(O)C(CCC(=O)OC)NC)cc1. The molecule has 2 N–H and O–H groups in total. The van der Waals surface area contributed by atoms with Crippen LogP contribution in [-0.2, 0) is 9.53 Å². The van der Waals surface area contributed by atoms with Gasteiger partial charge in [0.15, 0.2) is 0 Å². The summed E-state index contributed by atoms with van der Waals surface area (Å²) in [5.41, 5.74) is 0.795. The van der Waals surface area contributed by atoms with Crippen molar-refractivity contribution in [3.8, 4) is 5.75 Å². The first-order valence-electron chi connectivity index (χ1n) is 7.27. The van der Waals surface area contributed by atoms with E-state index in [0.29, 0.717) is 13.0 Å². The molecule has 0 aromatic heterocycles. The number of ether oxygens (including phenoxy) is 2. The van der Waals surface area contributed by atoms with Crippen molar-refractivity contribution in [1.82, 2.24) is 5.32 Å². The maximum atomic E-state index is 11.2. The van der Waals surface area contributed by atoms with Crippen molar-refractivity contribution in [2.75, 3.05) is 20.8 Å². The van der Waals surface area contributed by atoms with Crippen molar-refractivity contribution in [1.29, 1.82) is 0 Å². The maximum absolute atomic E-state index is 11.2. The van der Waals surface area contributed by atoms with Crippen LogP contribution < -0.4 is 10.1 Å². The number of aliphatic hydroxyl groups is 1. The van der Waals surface area contributed by atoms with Gasteiger partial charge in [0.25, 0.3) is 0 Å². The molecule has 0 bridgehead atoms. The fourth-order valence-electron chi connectivity index (χ4n) is 2.05. The third kappa shape index (κ3) is 5.73. The first-order valence-corrected chi connectivity index (χ1v) is 7.27. The summed E-state index contributed by atoms with van der Waals surface area (Å²) in [6.07, 6.45) is 1.06. The van der Waals surface area contributed by atoms with Crippen LogP contribution in [-0.4, -0.2) is 37.9 Å². The van der Waals surface area contributed by atoms with Gasteiger partial charge >= 0.3 is 5.97 Å². The van der Waals surface area contributed by atoms with Gasteiger partial charge in [0.2, 0.25) is 0 Å². The highest BCUT2D eigenvalue weighted by molar-refractivity contribution is 5.69. The molecule has 21 heavy (non-hydrogen) atoms. The van der Waals surface area contributed by atoms with Crippen molar-refractivity contribution >= 4 is 5.97 Å². The second-order valence-electron chi connectivity index (χ2n) is 4.87. The van der Waals surface area contributed by atoms with Gasteiger partial charge in [-0.15, -0.1) is 0 Å². The van der Waals surface area contributed by atoms with Crippen LogP contribution in [0.1, 0.15) is 37.9 Å². The largest absolute Gasteiger partial charge is 0.494 e. The molecule has 5 heteroatoms. The number of carbonyl (C=O) groups is 1. The quantitative estimate of drug-likeness (QED) is 0.683. The Morgan fingerprint density at radius 1 is 1.33 bits per heavy atom. The molecule has 1 aromatic carbocycles. The third-order valence-corrected chi connectivity index (χ3v) is 3.33. The summed E-state index contributed by atoms with van der Waals surface area (Å²) in [5, 5.41) is 13.4. The summed E-state index contributed by atoms with van der Waals surface area (Å²) < 4.78 is 10.1. The Morgan fingerprint density at radius 2 is 2.00 bits per heavy atom. The molecule has 118 valence electrons. The number of aliphatic hydroxyl groups excluding tert-OH is 1. The molecule has 2 atom stereocenters. The fraction of sp³-hybridized carbons (Fsp3) is 0.562. The summed E-state index contributed by atoms with van der Waals surface area (Å²) in [5.74, 6) is 0.522. The van der Waals surface area contributed by atoms with Crippen LogP contribution in [0.15, 0.2) is 24.3 Å². The van der Waals surface area contributed by atoms with Gasteiger partial charge < -0.3 is 19.9 Å². The minimum atomic E-state index is -0.681. The Hall–Kier alpha value is -1.59. The molecular formula is C16H25NO4. The van der Waals surface area contributed by atoms with Gasteiger partial charge in [-0.3, -0.25) is 4.79 Å². The molecule has 2 unspecified atom stereocenters. The van der Waals surface area contributed by atoms with E-state index in [2.05, 4.69) is 17.0 Å². The zero-order valence-corrected chi connectivity index (χ0v) is 13.0. The fourth-order valence-corrected chi connectivity index (χ4v) is 2.05. The van der Waals surface area contributed by atoms with E-state index >= 15 is 0 Å². The normalized spacial score (nSPS) is 13.5. The van der Waals surface area contributed by atoms with Crippen molar-refractivity contribution in [3.63, 3.8) is 0 Å². The molecule has 0 saturated heterocycles. The topological polar surface area (TPSA) is 67.8 Å². The minimum Gasteiger partial charge on any atom is -0.494 e. The first-order chi connectivity index (χ1) is 10.1. The second-order valence-corrected chi connectivity index (χ2v) is 4.87. The number of rotatable bonds is 9. The highest BCUT2D eigenvalue weighted by atomic mass is 16.5. The average molecular weight is 295 g/mol. The molecule has 1 aromatic rings. The van der Waals surface area contributed by atoms with Gasteiger partial charge in [-0.25, -0.2) is 0 Å². The predicted octanol–water partition coefficient (Wildman–Crippen LogP) is 2.05. The van der Waals surface area contributed by atoms with E-state index in [1.807, 2.05) is 24.3 Å². The molecule has 5 nitrogen and oxygen atoms in total. The van der Waals surface area contributed by atoms with E-state index in [1.54, 1.807) is 7.05 Å². The monoisotopic (exact) mass is 295 g/mol. The molecule has 1 rings (SSSR count). The first kappa shape index (κ1) is 17.5. The van der Waals surface area contributed by atoms with Crippen LogP contribution in [0.2, 0.25) is 0 Å². The average Bonchev–Trinajstić information content (AvgIpc) is 2.53. The number of hydrogen-bond acceptors (Lipinski definition) is 5. The zero-order chi connectivity index (χ0) is 15.7. The van der Waals surface area contributed by atoms with Crippen LogP contribution in [0.3, 0.4) is 0 Å². The van der Waals surface area contributed by atoms with Crippen molar-refractivity contribution in [2.45, 2.75) is 38.3 Å². The van der Waals surface area contributed by atoms with E-state index in [9.17, 15) is 9.90 Å². The van der Waals surface area contributed by atoms with Gasteiger partial charge in [-0.2, -0.15) is 0 Å². The number of nitrogens with one attached hydrogen (secondary N) is 1. The molecule has 0 radical (unpaired) electrons. The van der Waals surface area contributed by atoms with Gasteiger partial charge in [-0.05, 0) is 37.6 Å². The number of likely N-dealkylation sites (N-methyl/N-ethyl adjacent to an activating group) is 1. The van der Waals surface area contributed by atoms with Crippen molar-refractivity contribution in [3.05, 3.63) is 29.8 Å². The summed E-state index contributed by atoms with van der Waals surface area (Å²) in [7, 11) is 3.13. The van der Waals surface area contributed by atoms with Crippen LogP contribution in [0.5, 0.6) is 5.75 Å². The van der Waals surface area contributed by atoms with Gasteiger partial charge in [0.1, 0.15) is 5.75 Å². The zero-order valence-electron chi connectivity index (χ0n) is 13.0. The molecule has 0 fully saturated rings. The third-order valence-electron chi connectivity index (χ3n) is 3.33. The van der Waals surface area contributed by atoms with Gasteiger partial charge in [0.05, 0.1) is 19.8 Å². The summed E-state index contributed by atoms with van der Waals surface area (Å²) in [6.45, 7) is 2.73. The minimum absolute atomic E-state index is 0.202. The molecule has 0 aliphatic heterocycles. The molecular weight excluding hydrogens is 270 g/mol. The Bertz CT molecular complexity index is 419. The molecule has 0 heterocycles. The second kappa shape index (κ2) is 9.37. The van der Waals surface area contributed by atoms with E-state index in [-0.39, 0.29) is 18.4 Å². The Balaban J connectivity index is 2.62. The lowest BCUT2D eigenvalue weighted by Crippen LogP contribution is -2.32. The van der Waals surface area contributed by atoms with Crippen LogP contribution in [0.4, 0.5) is 0 Å². The Kier molecular flexibility index (Phi) is 7.79. The predicted molar refractivity (Wildman–Crippen MR) is 81.3 cm³/mol. The van der Waals surface area contributed by atoms with Crippen LogP contribution in [0.25, 0.3) is 0 Å². The van der Waals surface area contributed by atoms with Crippen LogP contribution >= 0.6 is 0 Å². The summed E-state index contributed by atoms with van der Waals surface area (Å²) >= 11 is 0. The number of hydrogen-bond donors (Lipinski definition) is 2. The van der Waals surface area contributed by atoms with E-state index in [1.165, 1.54) is 7.11 Å². The standard InChI is InChI=1S/C16H25NO4/c1-4-11-21-13-7-5-12(6-8-13)16(19)14(17-2)9-10-15(18)20-3/h5-8,14,16-17,19H,4,9-11H2,1-3H3. The Labute approximate surface area is 126 Å². The van der Waals surface area contributed by atoms with E-state index < -0.39 is 6.10 Å². The number of benzene rings is 1. The smallest absolute Gasteiger partial charge is 0.305 e. The number of methoxy groups -OCH3 is 1. The Morgan fingerprint density at radius 3 is 2.52 bits per heavy atom. The van der Waals surface area contributed by atoms with E-state index in [0.717, 1.165) is 17.7 Å². The number of carbonyl (C=O) groups excluding carboxylic acids is 1. The molecule has 0 amide bonds. The lowest BCUT2D eigenvalue weighted by Gasteiger charge is -2.22.